The molecule has 0 aromatic heterocycles. The number of benzene rings is 1. The molecule has 1 rings (SSSR count). The van der Waals surface area contributed by atoms with Crippen LogP contribution >= 0.6 is 0 Å². The Bertz CT molecular complexity index is 485. The molecule has 0 fully saturated rings. The largest absolute Gasteiger partial charge is 0.497 e. The summed E-state index contributed by atoms with van der Waals surface area (Å²) < 4.78 is 15.6. The first-order valence-corrected chi connectivity index (χ1v) is 7.00. The van der Waals surface area contributed by atoms with Crippen molar-refractivity contribution >= 4 is 5.97 Å². The van der Waals surface area contributed by atoms with E-state index < -0.39 is 5.41 Å². The second kappa shape index (κ2) is 7.31. The lowest BCUT2D eigenvalue weighted by Crippen LogP contribution is -2.31. The molecule has 0 aliphatic carbocycles. The zero-order chi connectivity index (χ0) is 16.0. The summed E-state index contributed by atoms with van der Waals surface area (Å²) >= 11 is 0. The fraction of sp³-hybridized carbons (Fsp3) is 0.562. The van der Waals surface area contributed by atoms with Gasteiger partial charge in [-0.15, -0.1) is 0 Å². The van der Waals surface area contributed by atoms with Crippen LogP contribution in [0, 0.1) is 5.41 Å². The molecule has 0 aliphatic rings. The highest BCUT2D eigenvalue weighted by atomic mass is 16.5. The maximum atomic E-state index is 12.0. The third kappa shape index (κ3) is 4.36. The van der Waals surface area contributed by atoms with Gasteiger partial charge in [-0.2, -0.15) is 0 Å². The van der Waals surface area contributed by atoms with Crippen LogP contribution in [0.25, 0.3) is 0 Å². The van der Waals surface area contributed by atoms with Gasteiger partial charge in [0, 0.05) is 11.6 Å². The lowest BCUT2D eigenvalue weighted by molar-refractivity contribution is -0.154. The minimum absolute atomic E-state index is 0.248. The van der Waals surface area contributed by atoms with Crippen LogP contribution in [0.1, 0.15) is 38.8 Å². The molecular weight excluding hydrogens is 270 g/mol. The summed E-state index contributed by atoms with van der Waals surface area (Å²) in [6, 6.07) is 5.11. The van der Waals surface area contributed by atoms with Gasteiger partial charge in [0.05, 0.1) is 26.2 Å². The Kier molecular flexibility index (Phi) is 6.03. The van der Waals surface area contributed by atoms with Crippen LogP contribution in [0.4, 0.5) is 0 Å². The lowest BCUT2D eigenvalue weighted by atomic mass is 9.83. The Morgan fingerprint density at radius 2 is 1.95 bits per heavy atom. The number of nitrogens with two attached hydrogens (primary N) is 1. The molecule has 21 heavy (non-hydrogen) atoms. The van der Waals surface area contributed by atoms with E-state index in [1.165, 1.54) is 0 Å². The number of esters is 1. The molecular formula is C16H25NO4. The van der Waals surface area contributed by atoms with Gasteiger partial charge in [-0.3, -0.25) is 4.79 Å². The summed E-state index contributed by atoms with van der Waals surface area (Å²) in [4.78, 5) is 12.0. The van der Waals surface area contributed by atoms with Crippen molar-refractivity contribution in [3.63, 3.8) is 0 Å². The van der Waals surface area contributed by atoms with Gasteiger partial charge in [0.1, 0.15) is 11.5 Å². The topological polar surface area (TPSA) is 70.8 Å². The van der Waals surface area contributed by atoms with Gasteiger partial charge in [-0.05, 0) is 45.4 Å². The van der Waals surface area contributed by atoms with Crippen molar-refractivity contribution in [3.8, 4) is 11.5 Å². The molecule has 1 aromatic rings. The number of hydrogen-bond donors (Lipinski definition) is 1. The fourth-order valence-corrected chi connectivity index (χ4v) is 2.20. The third-order valence-corrected chi connectivity index (χ3v) is 3.39. The van der Waals surface area contributed by atoms with Crippen molar-refractivity contribution in [1.82, 2.24) is 0 Å². The van der Waals surface area contributed by atoms with E-state index in [1.54, 1.807) is 21.1 Å². The average molecular weight is 295 g/mol. The quantitative estimate of drug-likeness (QED) is 0.783. The number of rotatable bonds is 7. The maximum Gasteiger partial charge on any atom is 0.311 e. The summed E-state index contributed by atoms with van der Waals surface area (Å²) in [6.45, 7) is 5.81. The van der Waals surface area contributed by atoms with E-state index in [2.05, 4.69) is 0 Å². The molecule has 1 atom stereocenters. The molecule has 2 N–H and O–H groups in total. The predicted molar refractivity (Wildman–Crippen MR) is 81.5 cm³/mol. The SMILES string of the molecule is CCOC(=O)C(C)(C)CC(N)c1cc(OC)ccc1OC. The number of hydrogen-bond acceptors (Lipinski definition) is 5. The monoisotopic (exact) mass is 295 g/mol. The summed E-state index contributed by atoms with van der Waals surface area (Å²) in [5.74, 6) is 1.14. The molecule has 5 heteroatoms. The molecule has 0 bridgehead atoms. The first kappa shape index (κ1) is 17.3. The molecule has 0 heterocycles. The van der Waals surface area contributed by atoms with Crippen LogP contribution in [0.2, 0.25) is 0 Å². The maximum absolute atomic E-state index is 12.0. The number of methoxy groups -OCH3 is 2. The van der Waals surface area contributed by atoms with Crippen LogP contribution in [-0.4, -0.2) is 26.8 Å². The predicted octanol–water partition coefficient (Wildman–Crippen LogP) is 2.68. The number of carbonyl (C=O) groups excluding carboxylic acids is 1. The van der Waals surface area contributed by atoms with Crippen LogP contribution in [0.15, 0.2) is 18.2 Å². The van der Waals surface area contributed by atoms with Crippen molar-refractivity contribution in [2.45, 2.75) is 33.2 Å². The van der Waals surface area contributed by atoms with Crippen molar-refractivity contribution < 1.29 is 19.0 Å². The molecule has 0 amide bonds. The lowest BCUT2D eigenvalue weighted by Gasteiger charge is -2.26. The summed E-state index contributed by atoms with van der Waals surface area (Å²) in [5.41, 5.74) is 6.42. The molecule has 0 saturated heterocycles. The Balaban J connectivity index is 2.97. The third-order valence-electron chi connectivity index (χ3n) is 3.39. The highest BCUT2D eigenvalue weighted by Crippen LogP contribution is 2.35. The van der Waals surface area contributed by atoms with Gasteiger partial charge in [-0.25, -0.2) is 0 Å². The Hall–Kier alpha value is -1.75. The Labute approximate surface area is 126 Å². The molecule has 5 nitrogen and oxygen atoms in total. The van der Waals surface area contributed by atoms with Crippen molar-refractivity contribution in [1.29, 1.82) is 0 Å². The minimum Gasteiger partial charge on any atom is -0.497 e. The fourth-order valence-electron chi connectivity index (χ4n) is 2.20. The molecule has 0 radical (unpaired) electrons. The van der Waals surface area contributed by atoms with E-state index >= 15 is 0 Å². The second-order valence-electron chi connectivity index (χ2n) is 5.52. The smallest absolute Gasteiger partial charge is 0.311 e. The van der Waals surface area contributed by atoms with E-state index in [9.17, 15) is 4.79 Å². The first-order valence-electron chi connectivity index (χ1n) is 7.00. The molecule has 118 valence electrons. The highest BCUT2D eigenvalue weighted by molar-refractivity contribution is 5.76. The molecule has 1 unspecified atom stereocenters. The van der Waals surface area contributed by atoms with E-state index in [-0.39, 0.29) is 12.0 Å². The minimum atomic E-state index is -0.663. The molecule has 0 saturated carbocycles. The van der Waals surface area contributed by atoms with Crippen molar-refractivity contribution in [2.24, 2.45) is 11.1 Å². The molecule has 0 spiro atoms. The second-order valence-corrected chi connectivity index (χ2v) is 5.52. The number of carbonyl (C=O) groups is 1. The standard InChI is InChI=1S/C16H25NO4/c1-6-21-15(18)16(2,3)10-13(17)12-9-11(19-4)7-8-14(12)20-5/h7-9,13H,6,10,17H2,1-5H3. The van der Waals surface area contributed by atoms with E-state index in [0.29, 0.717) is 24.5 Å². The zero-order valence-electron chi connectivity index (χ0n) is 13.4. The first-order chi connectivity index (χ1) is 9.85. The van der Waals surface area contributed by atoms with Crippen molar-refractivity contribution in [2.75, 3.05) is 20.8 Å². The summed E-state index contributed by atoms with van der Waals surface area (Å²) in [6.07, 6.45) is 0.454. The average Bonchev–Trinajstić information content (AvgIpc) is 2.46. The van der Waals surface area contributed by atoms with Gasteiger partial charge >= 0.3 is 5.97 Å². The summed E-state index contributed by atoms with van der Waals surface area (Å²) in [7, 11) is 3.19. The zero-order valence-corrected chi connectivity index (χ0v) is 13.4. The molecule has 0 aliphatic heterocycles. The summed E-state index contributed by atoms with van der Waals surface area (Å²) in [5, 5.41) is 0. The van der Waals surface area contributed by atoms with Crippen LogP contribution in [0.5, 0.6) is 11.5 Å². The van der Waals surface area contributed by atoms with Gasteiger partial charge in [0.2, 0.25) is 0 Å². The van der Waals surface area contributed by atoms with Crippen LogP contribution in [-0.2, 0) is 9.53 Å². The Morgan fingerprint density at radius 1 is 1.29 bits per heavy atom. The van der Waals surface area contributed by atoms with Crippen molar-refractivity contribution in [3.05, 3.63) is 23.8 Å². The van der Waals surface area contributed by atoms with E-state index in [0.717, 1.165) is 5.56 Å². The molecule has 1 aromatic carbocycles. The normalized spacial score (nSPS) is 12.7. The van der Waals surface area contributed by atoms with Crippen LogP contribution in [0.3, 0.4) is 0 Å². The van der Waals surface area contributed by atoms with Gasteiger partial charge < -0.3 is 19.9 Å². The number of ether oxygens (including phenoxy) is 3. The van der Waals surface area contributed by atoms with Gasteiger partial charge in [0.15, 0.2) is 0 Å². The van der Waals surface area contributed by atoms with Gasteiger partial charge in [0.25, 0.3) is 0 Å². The highest BCUT2D eigenvalue weighted by Gasteiger charge is 2.32. The van der Waals surface area contributed by atoms with E-state index in [1.807, 2.05) is 32.0 Å². The van der Waals surface area contributed by atoms with Crippen LogP contribution < -0.4 is 15.2 Å². The van der Waals surface area contributed by atoms with Gasteiger partial charge in [-0.1, -0.05) is 0 Å². The Morgan fingerprint density at radius 3 is 2.48 bits per heavy atom. The van der Waals surface area contributed by atoms with E-state index in [4.69, 9.17) is 19.9 Å².